The Hall–Kier alpha value is -1.91. The van der Waals surface area contributed by atoms with Gasteiger partial charge in [0.25, 0.3) is 0 Å². The lowest BCUT2D eigenvalue weighted by Crippen LogP contribution is -2.49. The molecule has 154 valence electrons. The molecule has 2 atom stereocenters. The van der Waals surface area contributed by atoms with Gasteiger partial charge in [0.1, 0.15) is 4.21 Å². The standard InChI is InChI=1S/C18H28N6O2S2/c1-3-20-18(21-7-8-22-28(25,26)17-5-4-12-27-17)23-10-6-15(2)16(13-23)24-11-9-19-14-24/h4-5,9,11-12,14-16,22H,3,6-8,10,13H2,1-2H3,(H,20,21). The monoisotopic (exact) mass is 424 g/mol. The van der Waals surface area contributed by atoms with Gasteiger partial charge in [0.15, 0.2) is 5.96 Å². The van der Waals surface area contributed by atoms with Crippen LogP contribution in [-0.4, -0.2) is 61.6 Å². The van der Waals surface area contributed by atoms with Gasteiger partial charge in [-0.05, 0) is 30.7 Å². The predicted octanol–water partition coefficient (Wildman–Crippen LogP) is 1.77. The molecule has 3 heterocycles. The van der Waals surface area contributed by atoms with E-state index in [0.29, 0.717) is 22.7 Å². The summed E-state index contributed by atoms with van der Waals surface area (Å²) in [6.45, 7) is 7.50. The lowest BCUT2D eigenvalue weighted by molar-refractivity contribution is 0.189. The van der Waals surface area contributed by atoms with Gasteiger partial charge < -0.3 is 14.8 Å². The minimum absolute atomic E-state index is 0.268. The number of rotatable bonds is 7. The van der Waals surface area contributed by atoms with Crippen LogP contribution < -0.4 is 10.0 Å². The van der Waals surface area contributed by atoms with Crippen LogP contribution in [0.5, 0.6) is 0 Å². The summed E-state index contributed by atoms with van der Waals surface area (Å²) in [5, 5.41) is 5.09. The van der Waals surface area contributed by atoms with E-state index in [1.165, 1.54) is 11.3 Å². The van der Waals surface area contributed by atoms with Crippen molar-refractivity contribution < 1.29 is 8.42 Å². The van der Waals surface area contributed by atoms with E-state index in [1.807, 2.05) is 25.6 Å². The molecule has 0 radical (unpaired) electrons. The van der Waals surface area contributed by atoms with E-state index in [2.05, 4.69) is 36.4 Å². The first-order valence-electron chi connectivity index (χ1n) is 9.55. The molecule has 2 aromatic heterocycles. The van der Waals surface area contributed by atoms with Crippen molar-refractivity contribution in [3.63, 3.8) is 0 Å². The lowest BCUT2D eigenvalue weighted by Gasteiger charge is -2.39. The minimum Gasteiger partial charge on any atom is -0.357 e. The summed E-state index contributed by atoms with van der Waals surface area (Å²) in [6.07, 6.45) is 6.76. The molecule has 10 heteroatoms. The number of nitrogens with zero attached hydrogens (tertiary/aromatic N) is 4. The van der Waals surface area contributed by atoms with Crippen LogP contribution in [0.4, 0.5) is 0 Å². The van der Waals surface area contributed by atoms with Crippen molar-refractivity contribution in [3.05, 3.63) is 36.2 Å². The third kappa shape index (κ3) is 5.12. The van der Waals surface area contributed by atoms with Crippen molar-refractivity contribution in [1.82, 2.24) is 24.5 Å². The van der Waals surface area contributed by atoms with Crippen LogP contribution in [-0.2, 0) is 10.0 Å². The third-order valence-electron chi connectivity index (χ3n) is 4.89. The van der Waals surface area contributed by atoms with Crippen LogP contribution in [0, 0.1) is 5.92 Å². The topological polar surface area (TPSA) is 91.6 Å². The van der Waals surface area contributed by atoms with Crippen molar-refractivity contribution in [2.24, 2.45) is 10.9 Å². The highest BCUT2D eigenvalue weighted by Gasteiger charge is 2.28. The van der Waals surface area contributed by atoms with E-state index >= 15 is 0 Å². The van der Waals surface area contributed by atoms with Crippen LogP contribution in [0.1, 0.15) is 26.3 Å². The van der Waals surface area contributed by atoms with Crippen molar-refractivity contribution in [1.29, 1.82) is 0 Å². The van der Waals surface area contributed by atoms with Crippen molar-refractivity contribution in [2.45, 2.75) is 30.5 Å². The Bertz CT molecular complexity index is 849. The van der Waals surface area contributed by atoms with Gasteiger partial charge in [-0.3, -0.25) is 4.99 Å². The Morgan fingerprint density at radius 2 is 2.32 bits per heavy atom. The van der Waals surface area contributed by atoms with Crippen LogP contribution in [0.2, 0.25) is 0 Å². The molecule has 3 rings (SSSR count). The Morgan fingerprint density at radius 1 is 1.46 bits per heavy atom. The number of aliphatic imine (C=N–C) groups is 1. The molecule has 1 saturated heterocycles. The second-order valence-electron chi connectivity index (χ2n) is 6.85. The number of sulfonamides is 1. The van der Waals surface area contributed by atoms with E-state index in [-0.39, 0.29) is 6.54 Å². The van der Waals surface area contributed by atoms with Gasteiger partial charge in [-0.25, -0.2) is 18.1 Å². The number of nitrogens with one attached hydrogen (secondary N) is 2. The molecule has 2 N–H and O–H groups in total. The maximum Gasteiger partial charge on any atom is 0.250 e. The second kappa shape index (κ2) is 9.53. The normalized spacial score (nSPS) is 21.1. The maximum absolute atomic E-state index is 12.2. The van der Waals surface area contributed by atoms with Gasteiger partial charge in [0.2, 0.25) is 10.0 Å². The minimum atomic E-state index is -3.44. The van der Waals surface area contributed by atoms with Gasteiger partial charge >= 0.3 is 0 Å². The number of piperidine rings is 1. The largest absolute Gasteiger partial charge is 0.357 e. The summed E-state index contributed by atoms with van der Waals surface area (Å²) >= 11 is 1.21. The van der Waals surface area contributed by atoms with Crippen molar-refractivity contribution >= 4 is 27.3 Å². The van der Waals surface area contributed by atoms with Crippen LogP contribution >= 0.6 is 11.3 Å². The summed E-state index contributed by atoms with van der Waals surface area (Å²) in [4.78, 5) is 11.1. The zero-order chi connectivity index (χ0) is 20.0. The molecule has 2 unspecified atom stereocenters. The molecular weight excluding hydrogens is 396 g/mol. The summed E-state index contributed by atoms with van der Waals surface area (Å²) in [5.74, 6) is 1.39. The fourth-order valence-corrected chi connectivity index (χ4v) is 5.41. The van der Waals surface area contributed by atoms with E-state index < -0.39 is 10.0 Å². The highest BCUT2D eigenvalue weighted by Crippen LogP contribution is 2.27. The van der Waals surface area contributed by atoms with Crippen molar-refractivity contribution in [3.8, 4) is 0 Å². The summed E-state index contributed by atoms with van der Waals surface area (Å²) < 4.78 is 29.5. The van der Waals surface area contributed by atoms with Crippen LogP contribution in [0.15, 0.2) is 45.4 Å². The first-order chi connectivity index (χ1) is 13.5. The summed E-state index contributed by atoms with van der Waals surface area (Å²) in [6, 6.07) is 3.68. The number of aromatic nitrogens is 2. The molecule has 0 amide bonds. The van der Waals surface area contributed by atoms with Crippen molar-refractivity contribution in [2.75, 3.05) is 32.7 Å². The smallest absolute Gasteiger partial charge is 0.250 e. The quantitative estimate of drug-likeness (QED) is 0.402. The average molecular weight is 425 g/mol. The number of thiophene rings is 1. The first kappa shape index (κ1) is 20.8. The molecule has 2 aromatic rings. The van der Waals surface area contributed by atoms with Crippen LogP contribution in [0.25, 0.3) is 0 Å². The molecule has 0 aromatic carbocycles. The summed E-state index contributed by atoms with van der Waals surface area (Å²) in [7, 11) is -3.44. The molecule has 8 nitrogen and oxygen atoms in total. The molecule has 0 bridgehead atoms. The highest BCUT2D eigenvalue weighted by molar-refractivity contribution is 7.91. The molecular formula is C18H28N6O2S2. The molecule has 1 aliphatic rings. The molecule has 28 heavy (non-hydrogen) atoms. The fraction of sp³-hybridized carbons (Fsp3) is 0.556. The Labute approximate surface area is 170 Å². The Morgan fingerprint density at radius 3 is 3.00 bits per heavy atom. The van der Waals surface area contributed by atoms with Gasteiger partial charge in [-0.1, -0.05) is 13.0 Å². The molecule has 0 aliphatic carbocycles. The van der Waals surface area contributed by atoms with Gasteiger partial charge in [0.05, 0.1) is 18.9 Å². The maximum atomic E-state index is 12.2. The average Bonchev–Trinajstić information content (AvgIpc) is 3.39. The molecule has 1 fully saturated rings. The first-order valence-corrected chi connectivity index (χ1v) is 11.9. The predicted molar refractivity (Wildman–Crippen MR) is 112 cm³/mol. The number of hydrogen-bond acceptors (Lipinski definition) is 5. The Balaban J connectivity index is 1.60. The third-order valence-corrected chi connectivity index (χ3v) is 7.74. The highest BCUT2D eigenvalue weighted by atomic mass is 32.2. The van der Waals surface area contributed by atoms with E-state index in [0.717, 1.165) is 32.0 Å². The number of likely N-dealkylation sites (tertiary alicyclic amines) is 1. The zero-order valence-corrected chi connectivity index (χ0v) is 17.9. The molecule has 1 aliphatic heterocycles. The van der Waals surface area contributed by atoms with E-state index in [1.54, 1.807) is 17.5 Å². The summed E-state index contributed by atoms with van der Waals surface area (Å²) in [5.41, 5.74) is 0. The van der Waals surface area contributed by atoms with Gasteiger partial charge in [-0.15, -0.1) is 11.3 Å². The second-order valence-corrected chi connectivity index (χ2v) is 9.80. The Kier molecular flexibility index (Phi) is 7.08. The number of guanidine groups is 1. The number of hydrogen-bond donors (Lipinski definition) is 2. The van der Waals surface area contributed by atoms with Gasteiger partial charge in [0, 0.05) is 38.6 Å². The van der Waals surface area contributed by atoms with Crippen LogP contribution in [0.3, 0.4) is 0 Å². The fourth-order valence-electron chi connectivity index (χ4n) is 3.35. The zero-order valence-electron chi connectivity index (χ0n) is 16.3. The number of imidazole rings is 1. The molecule has 0 spiro atoms. The van der Waals surface area contributed by atoms with Gasteiger partial charge in [-0.2, -0.15) is 0 Å². The lowest BCUT2D eigenvalue weighted by atomic mass is 9.93. The van der Waals surface area contributed by atoms with E-state index in [9.17, 15) is 8.42 Å². The van der Waals surface area contributed by atoms with E-state index in [4.69, 9.17) is 0 Å². The SMILES string of the molecule is CCNC(=NCCNS(=O)(=O)c1cccs1)N1CCC(C)C(n2ccnc2)C1. The molecule has 0 saturated carbocycles.